The highest BCUT2D eigenvalue weighted by Crippen LogP contribution is 2.47. The lowest BCUT2D eigenvalue weighted by atomic mass is 9.84. The van der Waals surface area contributed by atoms with E-state index in [4.69, 9.17) is 11.5 Å². The summed E-state index contributed by atoms with van der Waals surface area (Å²) in [6.45, 7) is 0.389. The zero-order valence-corrected chi connectivity index (χ0v) is 13.8. The Bertz CT molecular complexity index is 757. The molecule has 0 spiro atoms. The molecule has 2 fully saturated rings. The van der Waals surface area contributed by atoms with Crippen molar-refractivity contribution in [2.75, 3.05) is 6.54 Å². The third kappa shape index (κ3) is 2.60. The number of hydrogen-bond acceptors (Lipinski definition) is 3. The number of hydrogen-bond donors (Lipinski definition) is 3. The fourth-order valence-electron chi connectivity index (χ4n) is 4.70. The minimum atomic E-state index is -0.159. The topological polar surface area (TPSA) is 81.1 Å². The lowest BCUT2D eigenvalue weighted by molar-refractivity contribution is -0.127. The van der Waals surface area contributed by atoms with Crippen LogP contribution < -0.4 is 16.8 Å². The first-order valence-electron chi connectivity index (χ1n) is 8.92. The number of benzene rings is 2. The van der Waals surface area contributed by atoms with E-state index in [0.717, 1.165) is 18.4 Å². The van der Waals surface area contributed by atoms with Gasteiger partial charge in [-0.15, -0.1) is 0 Å². The fourth-order valence-corrected chi connectivity index (χ4v) is 4.70. The van der Waals surface area contributed by atoms with Gasteiger partial charge in [-0.05, 0) is 53.5 Å². The normalized spacial score (nSPS) is 29.8. The van der Waals surface area contributed by atoms with Crippen LogP contribution >= 0.6 is 0 Å². The second-order valence-corrected chi connectivity index (χ2v) is 7.34. The Kier molecular flexibility index (Phi) is 4.02. The molecule has 1 amide bonds. The summed E-state index contributed by atoms with van der Waals surface area (Å²) in [5.74, 6) is 1.03. The average Bonchev–Trinajstić information content (AvgIpc) is 3.20. The third-order valence-electron chi connectivity index (χ3n) is 6.01. The van der Waals surface area contributed by atoms with Crippen molar-refractivity contribution in [2.24, 2.45) is 29.2 Å². The first kappa shape index (κ1) is 15.6. The monoisotopic (exact) mass is 323 g/mol. The predicted octanol–water partition coefficient (Wildman–Crippen LogP) is 2.33. The van der Waals surface area contributed by atoms with Crippen LogP contribution in [0.4, 0.5) is 0 Å². The van der Waals surface area contributed by atoms with Gasteiger partial charge in [0.25, 0.3) is 0 Å². The van der Waals surface area contributed by atoms with Gasteiger partial charge in [0.2, 0.25) is 5.91 Å². The molecular formula is C20H25N3O. The van der Waals surface area contributed by atoms with Crippen LogP contribution in [0.3, 0.4) is 0 Å². The first-order chi connectivity index (χ1) is 11.7. The van der Waals surface area contributed by atoms with Crippen molar-refractivity contribution in [1.82, 2.24) is 5.32 Å². The van der Waals surface area contributed by atoms with Gasteiger partial charge in [-0.3, -0.25) is 4.79 Å². The smallest absolute Gasteiger partial charge is 0.225 e. The van der Waals surface area contributed by atoms with Crippen molar-refractivity contribution in [3.63, 3.8) is 0 Å². The molecule has 24 heavy (non-hydrogen) atoms. The summed E-state index contributed by atoms with van der Waals surface area (Å²) in [5, 5.41) is 5.52. The Hall–Kier alpha value is -1.91. The summed E-state index contributed by atoms with van der Waals surface area (Å²) >= 11 is 0. The quantitative estimate of drug-likeness (QED) is 0.808. The van der Waals surface area contributed by atoms with E-state index in [1.54, 1.807) is 0 Å². The zero-order valence-electron chi connectivity index (χ0n) is 13.8. The van der Waals surface area contributed by atoms with E-state index in [0.29, 0.717) is 18.4 Å². The van der Waals surface area contributed by atoms with Crippen LogP contribution in [-0.2, 0) is 4.79 Å². The van der Waals surface area contributed by atoms with Crippen molar-refractivity contribution < 1.29 is 4.79 Å². The van der Waals surface area contributed by atoms with Crippen LogP contribution in [0.5, 0.6) is 0 Å². The van der Waals surface area contributed by atoms with E-state index in [1.807, 2.05) is 12.1 Å². The van der Waals surface area contributed by atoms with Crippen LogP contribution in [0.15, 0.2) is 42.5 Å². The van der Waals surface area contributed by atoms with Crippen molar-refractivity contribution in [3.05, 3.63) is 48.0 Å². The molecule has 4 nitrogen and oxygen atoms in total. The minimum absolute atomic E-state index is 0.0128. The SMILES string of the molecule is NCC(NC(=O)C1C2CCC(C2)C1N)c1ccc2ccccc2c1. The summed E-state index contributed by atoms with van der Waals surface area (Å²) < 4.78 is 0. The van der Waals surface area contributed by atoms with Crippen LogP contribution in [0, 0.1) is 17.8 Å². The Labute approximate surface area is 142 Å². The molecule has 0 aliphatic heterocycles. The van der Waals surface area contributed by atoms with Crippen LogP contribution in [-0.4, -0.2) is 18.5 Å². The maximum absolute atomic E-state index is 12.8. The standard InChI is InChI=1S/C20H25N3O/c21-11-17(14-6-5-12-3-1-2-4-13(12)9-14)23-20(24)18-15-7-8-16(10-15)19(18)22/h1-6,9,15-19H,7-8,10-11,21-22H2,(H,23,24). The zero-order chi connectivity index (χ0) is 16.7. The van der Waals surface area contributed by atoms with E-state index in [2.05, 4.69) is 35.6 Å². The van der Waals surface area contributed by atoms with Crippen molar-refractivity contribution in [3.8, 4) is 0 Å². The number of fused-ring (bicyclic) bond motifs is 3. The summed E-state index contributed by atoms with van der Waals surface area (Å²) in [6, 6.07) is 14.3. The van der Waals surface area contributed by atoms with Gasteiger partial charge in [-0.1, -0.05) is 36.4 Å². The average molecular weight is 323 g/mol. The molecule has 5 unspecified atom stereocenters. The molecule has 2 aromatic carbocycles. The third-order valence-corrected chi connectivity index (χ3v) is 6.01. The van der Waals surface area contributed by atoms with E-state index in [1.165, 1.54) is 17.2 Å². The van der Waals surface area contributed by atoms with E-state index in [9.17, 15) is 4.79 Å². The molecule has 0 heterocycles. The molecule has 0 radical (unpaired) electrons. The summed E-state index contributed by atoms with van der Waals surface area (Å²) in [7, 11) is 0. The molecule has 4 heteroatoms. The number of amides is 1. The van der Waals surface area contributed by atoms with Crippen LogP contribution in [0.25, 0.3) is 10.8 Å². The van der Waals surface area contributed by atoms with E-state index >= 15 is 0 Å². The molecule has 2 bridgehead atoms. The summed E-state index contributed by atoms with van der Waals surface area (Å²) in [6.07, 6.45) is 3.43. The molecular weight excluding hydrogens is 298 g/mol. The van der Waals surface area contributed by atoms with E-state index < -0.39 is 0 Å². The molecule has 0 saturated heterocycles. The number of rotatable bonds is 4. The lowest BCUT2D eigenvalue weighted by Gasteiger charge is -2.29. The Morgan fingerprint density at radius 1 is 1.12 bits per heavy atom. The highest BCUT2D eigenvalue weighted by Gasteiger charge is 2.49. The highest BCUT2D eigenvalue weighted by molar-refractivity contribution is 5.84. The molecule has 2 aliphatic carbocycles. The van der Waals surface area contributed by atoms with Gasteiger partial charge >= 0.3 is 0 Å². The van der Waals surface area contributed by atoms with Gasteiger partial charge in [0.05, 0.1) is 12.0 Å². The van der Waals surface area contributed by atoms with Crippen LogP contribution in [0.1, 0.15) is 30.9 Å². The maximum Gasteiger partial charge on any atom is 0.225 e. The fraction of sp³-hybridized carbons (Fsp3) is 0.450. The Morgan fingerprint density at radius 2 is 1.88 bits per heavy atom. The van der Waals surface area contributed by atoms with Gasteiger partial charge in [0, 0.05) is 12.6 Å². The van der Waals surface area contributed by atoms with Gasteiger partial charge < -0.3 is 16.8 Å². The molecule has 4 rings (SSSR count). The van der Waals surface area contributed by atoms with Gasteiger partial charge in [-0.25, -0.2) is 0 Å². The number of nitrogens with one attached hydrogen (secondary N) is 1. The maximum atomic E-state index is 12.8. The van der Waals surface area contributed by atoms with Gasteiger partial charge in [0.15, 0.2) is 0 Å². The lowest BCUT2D eigenvalue weighted by Crippen LogP contribution is -2.47. The molecule has 5 atom stereocenters. The Morgan fingerprint density at radius 3 is 2.58 bits per heavy atom. The van der Waals surface area contributed by atoms with Crippen molar-refractivity contribution in [2.45, 2.75) is 31.3 Å². The van der Waals surface area contributed by atoms with Crippen molar-refractivity contribution >= 4 is 16.7 Å². The number of nitrogens with two attached hydrogens (primary N) is 2. The first-order valence-corrected chi connectivity index (χ1v) is 8.92. The molecule has 2 saturated carbocycles. The Balaban J connectivity index is 1.53. The van der Waals surface area contributed by atoms with Crippen LogP contribution in [0.2, 0.25) is 0 Å². The molecule has 0 aromatic heterocycles. The second kappa shape index (κ2) is 6.19. The molecule has 2 aliphatic rings. The van der Waals surface area contributed by atoms with Crippen molar-refractivity contribution in [1.29, 1.82) is 0 Å². The molecule has 2 aromatic rings. The second-order valence-electron chi connectivity index (χ2n) is 7.34. The molecule has 126 valence electrons. The predicted molar refractivity (Wildman–Crippen MR) is 96.2 cm³/mol. The highest BCUT2D eigenvalue weighted by atomic mass is 16.2. The largest absolute Gasteiger partial charge is 0.348 e. The summed E-state index contributed by atoms with van der Waals surface area (Å²) in [5.41, 5.74) is 13.3. The summed E-state index contributed by atoms with van der Waals surface area (Å²) in [4.78, 5) is 12.8. The van der Waals surface area contributed by atoms with Gasteiger partial charge in [-0.2, -0.15) is 0 Å². The van der Waals surface area contributed by atoms with Gasteiger partial charge in [0.1, 0.15) is 0 Å². The minimum Gasteiger partial charge on any atom is -0.348 e. The number of carbonyl (C=O) groups excluding carboxylic acids is 1. The molecule has 5 N–H and O–H groups in total. The number of carbonyl (C=O) groups is 1. The van der Waals surface area contributed by atoms with E-state index in [-0.39, 0.29) is 23.9 Å².